The van der Waals surface area contributed by atoms with Gasteiger partial charge in [-0.25, -0.2) is 4.98 Å². The van der Waals surface area contributed by atoms with Gasteiger partial charge in [-0.15, -0.1) is 0 Å². The number of nitrogens with one attached hydrogen (secondary N) is 3. The van der Waals surface area contributed by atoms with Crippen molar-refractivity contribution in [1.29, 1.82) is 0 Å². The molecule has 0 fully saturated rings. The lowest BCUT2D eigenvalue weighted by molar-refractivity contribution is -0.122. The van der Waals surface area contributed by atoms with E-state index in [1.54, 1.807) is 19.2 Å². The number of aromatic nitrogens is 2. The minimum absolute atomic E-state index is 0.178. The van der Waals surface area contributed by atoms with E-state index in [1.807, 2.05) is 24.3 Å². The van der Waals surface area contributed by atoms with Crippen LogP contribution in [0, 0.1) is 0 Å². The standard InChI is InChI=1S/C23H26N4O2/c1-15(22(28)24-12-11-16-7-3-2-4-8-16)26-23(29)20-13-18-17-9-5-6-10-19(17)27-21(18)14-25-20/h5-7,9-10,13-15,27H,2-4,8,11-12H2,1H3,(H,24,28)(H,26,29). The van der Waals surface area contributed by atoms with E-state index >= 15 is 0 Å². The van der Waals surface area contributed by atoms with Gasteiger partial charge in [0.15, 0.2) is 0 Å². The summed E-state index contributed by atoms with van der Waals surface area (Å²) < 4.78 is 0. The predicted molar refractivity (Wildman–Crippen MR) is 115 cm³/mol. The molecule has 0 radical (unpaired) electrons. The first-order chi connectivity index (χ1) is 14.1. The van der Waals surface area contributed by atoms with Gasteiger partial charge >= 0.3 is 0 Å². The Labute approximate surface area is 169 Å². The number of hydrogen-bond donors (Lipinski definition) is 3. The molecular weight excluding hydrogens is 364 g/mol. The summed E-state index contributed by atoms with van der Waals surface area (Å²) in [6.07, 6.45) is 9.59. The number of nitrogens with zero attached hydrogens (tertiary/aromatic N) is 1. The average Bonchev–Trinajstić information content (AvgIpc) is 3.12. The molecule has 2 aromatic heterocycles. The van der Waals surface area contributed by atoms with Gasteiger partial charge in [0, 0.05) is 22.8 Å². The van der Waals surface area contributed by atoms with Crippen LogP contribution in [0.4, 0.5) is 0 Å². The van der Waals surface area contributed by atoms with Gasteiger partial charge in [0.1, 0.15) is 11.7 Å². The van der Waals surface area contributed by atoms with Gasteiger partial charge in [0.05, 0.1) is 11.7 Å². The first-order valence-corrected chi connectivity index (χ1v) is 10.2. The normalized spacial score (nSPS) is 15.1. The molecule has 2 amide bonds. The molecular formula is C23H26N4O2. The molecule has 0 saturated heterocycles. The number of carbonyl (C=O) groups is 2. The highest BCUT2D eigenvalue weighted by atomic mass is 16.2. The van der Waals surface area contributed by atoms with Crippen molar-refractivity contribution >= 4 is 33.6 Å². The quantitative estimate of drug-likeness (QED) is 0.559. The Morgan fingerprint density at radius 2 is 2.03 bits per heavy atom. The van der Waals surface area contributed by atoms with Gasteiger partial charge in [0.25, 0.3) is 5.91 Å². The van der Waals surface area contributed by atoms with Crippen molar-refractivity contribution in [3.63, 3.8) is 0 Å². The Morgan fingerprint density at radius 1 is 1.17 bits per heavy atom. The van der Waals surface area contributed by atoms with E-state index in [4.69, 9.17) is 0 Å². The number of benzene rings is 1. The summed E-state index contributed by atoms with van der Waals surface area (Å²) in [6.45, 7) is 2.29. The second-order valence-corrected chi connectivity index (χ2v) is 7.63. The Kier molecular flexibility index (Phi) is 5.60. The summed E-state index contributed by atoms with van der Waals surface area (Å²) in [6, 6.07) is 9.07. The van der Waals surface area contributed by atoms with Crippen LogP contribution in [-0.4, -0.2) is 34.4 Å². The van der Waals surface area contributed by atoms with Gasteiger partial charge in [-0.1, -0.05) is 29.8 Å². The van der Waals surface area contributed by atoms with Crippen molar-refractivity contribution in [2.75, 3.05) is 6.54 Å². The number of rotatable bonds is 6. The lowest BCUT2D eigenvalue weighted by atomic mass is 9.97. The Morgan fingerprint density at radius 3 is 2.86 bits per heavy atom. The maximum Gasteiger partial charge on any atom is 0.270 e. The smallest absolute Gasteiger partial charge is 0.270 e. The molecule has 2 heterocycles. The fraction of sp³-hybridized carbons (Fsp3) is 0.348. The van der Waals surface area contributed by atoms with Crippen LogP contribution in [0.15, 0.2) is 48.2 Å². The van der Waals surface area contributed by atoms with Gasteiger partial charge < -0.3 is 15.6 Å². The van der Waals surface area contributed by atoms with Crippen LogP contribution in [-0.2, 0) is 4.79 Å². The number of hydrogen-bond acceptors (Lipinski definition) is 3. The van der Waals surface area contributed by atoms with E-state index in [1.165, 1.54) is 18.4 Å². The van der Waals surface area contributed by atoms with Crippen LogP contribution in [0.1, 0.15) is 49.5 Å². The van der Waals surface area contributed by atoms with E-state index < -0.39 is 6.04 Å². The van der Waals surface area contributed by atoms with Gasteiger partial charge in [0.2, 0.25) is 5.91 Å². The number of amides is 2. The van der Waals surface area contributed by atoms with Crippen LogP contribution in [0.5, 0.6) is 0 Å². The molecule has 150 valence electrons. The first-order valence-electron chi connectivity index (χ1n) is 10.2. The molecule has 0 saturated carbocycles. The minimum Gasteiger partial charge on any atom is -0.354 e. The first kappa shape index (κ1) is 19.2. The van der Waals surface area contributed by atoms with E-state index in [9.17, 15) is 9.59 Å². The van der Waals surface area contributed by atoms with Gasteiger partial charge in [-0.05, 0) is 51.2 Å². The highest BCUT2D eigenvalue weighted by Gasteiger charge is 2.18. The third-order valence-electron chi connectivity index (χ3n) is 5.49. The highest BCUT2D eigenvalue weighted by Crippen LogP contribution is 2.25. The Balaban J connectivity index is 1.37. The van der Waals surface area contributed by atoms with Crippen LogP contribution < -0.4 is 10.6 Å². The molecule has 0 aliphatic heterocycles. The number of pyridine rings is 1. The van der Waals surface area contributed by atoms with E-state index in [-0.39, 0.29) is 11.8 Å². The van der Waals surface area contributed by atoms with Crippen molar-refractivity contribution in [2.45, 2.75) is 45.1 Å². The average molecular weight is 390 g/mol. The molecule has 1 aliphatic carbocycles. The summed E-state index contributed by atoms with van der Waals surface area (Å²) in [4.78, 5) is 32.5. The number of aromatic amines is 1. The second-order valence-electron chi connectivity index (χ2n) is 7.63. The molecule has 0 bridgehead atoms. The molecule has 3 aromatic rings. The summed E-state index contributed by atoms with van der Waals surface area (Å²) in [5.41, 5.74) is 3.60. The summed E-state index contributed by atoms with van der Waals surface area (Å²) in [5.74, 6) is -0.530. The van der Waals surface area contributed by atoms with Crippen molar-refractivity contribution in [2.24, 2.45) is 0 Å². The topological polar surface area (TPSA) is 86.9 Å². The Bertz CT molecular complexity index is 1080. The molecule has 6 heteroatoms. The van der Waals surface area contributed by atoms with Crippen molar-refractivity contribution < 1.29 is 9.59 Å². The summed E-state index contributed by atoms with van der Waals surface area (Å²) in [5, 5.41) is 7.65. The zero-order chi connectivity index (χ0) is 20.2. The van der Waals surface area contributed by atoms with Crippen molar-refractivity contribution in [3.05, 3.63) is 53.9 Å². The molecule has 3 N–H and O–H groups in total. The SMILES string of the molecule is CC(NC(=O)c1cc2c(cn1)[nH]c1ccccc12)C(=O)NCCC1=CCCCC1. The maximum absolute atomic E-state index is 12.6. The van der Waals surface area contributed by atoms with Crippen molar-refractivity contribution in [3.8, 4) is 0 Å². The van der Waals surface area contributed by atoms with E-state index in [0.717, 1.165) is 41.1 Å². The molecule has 4 rings (SSSR count). The largest absolute Gasteiger partial charge is 0.354 e. The number of carbonyl (C=O) groups excluding carboxylic acids is 2. The third kappa shape index (κ3) is 4.31. The minimum atomic E-state index is -0.622. The second kappa shape index (κ2) is 8.47. The van der Waals surface area contributed by atoms with Gasteiger partial charge in [-0.2, -0.15) is 0 Å². The Hall–Kier alpha value is -3.15. The van der Waals surface area contributed by atoms with Crippen molar-refractivity contribution in [1.82, 2.24) is 20.6 Å². The molecule has 1 aromatic carbocycles. The number of H-pyrrole nitrogens is 1. The number of fused-ring (bicyclic) bond motifs is 3. The predicted octanol–water partition coefficient (Wildman–Crippen LogP) is 3.84. The lowest BCUT2D eigenvalue weighted by Crippen LogP contribution is -2.45. The highest BCUT2D eigenvalue weighted by molar-refractivity contribution is 6.09. The van der Waals surface area contributed by atoms with Crippen LogP contribution >= 0.6 is 0 Å². The number of allylic oxidation sites excluding steroid dienone is 1. The fourth-order valence-electron chi connectivity index (χ4n) is 3.84. The monoisotopic (exact) mass is 390 g/mol. The van der Waals surface area contributed by atoms with Crippen LogP contribution in [0.3, 0.4) is 0 Å². The van der Waals surface area contributed by atoms with Crippen LogP contribution in [0.2, 0.25) is 0 Å². The fourth-order valence-corrected chi connectivity index (χ4v) is 3.84. The van der Waals surface area contributed by atoms with Gasteiger partial charge in [-0.3, -0.25) is 9.59 Å². The molecule has 0 spiro atoms. The molecule has 1 atom stereocenters. The summed E-state index contributed by atoms with van der Waals surface area (Å²) in [7, 11) is 0. The zero-order valence-electron chi connectivity index (χ0n) is 16.6. The summed E-state index contributed by atoms with van der Waals surface area (Å²) >= 11 is 0. The third-order valence-corrected chi connectivity index (χ3v) is 5.49. The zero-order valence-corrected chi connectivity index (χ0v) is 16.6. The molecule has 1 aliphatic rings. The molecule has 29 heavy (non-hydrogen) atoms. The van der Waals surface area contributed by atoms with E-state index in [2.05, 4.69) is 26.7 Å². The molecule has 6 nitrogen and oxygen atoms in total. The lowest BCUT2D eigenvalue weighted by Gasteiger charge is -2.16. The number of para-hydroxylation sites is 1. The van der Waals surface area contributed by atoms with Crippen LogP contribution in [0.25, 0.3) is 21.8 Å². The van der Waals surface area contributed by atoms with E-state index in [0.29, 0.717) is 12.2 Å². The molecule has 1 unspecified atom stereocenters. The maximum atomic E-state index is 12.6.